The van der Waals surface area contributed by atoms with Crippen LogP contribution in [-0.4, -0.2) is 30.3 Å². The molecular formula is C15H19N3O3. The second kappa shape index (κ2) is 6.78. The summed E-state index contributed by atoms with van der Waals surface area (Å²) in [5.41, 5.74) is 1.68. The fraction of sp³-hybridized carbons (Fsp3) is 0.333. The lowest BCUT2D eigenvalue weighted by molar-refractivity contribution is -0.119. The summed E-state index contributed by atoms with van der Waals surface area (Å²) in [4.78, 5) is 12.1. The van der Waals surface area contributed by atoms with Crippen LogP contribution < -0.4 is 14.8 Å². The maximum absolute atomic E-state index is 12.1. The van der Waals surface area contributed by atoms with E-state index in [1.165, 1.54) is 0 Å². The highest BCUT2D eigenvalue weighted by atomic mass is 16.5. The third-order valence-corrected chi connectivity index (χ3v) is 3.20. The molecule has 2 rings (SSSR count). The third kappa shape index (κ3) is 3.75. The van der Waals surface area contributed by atoms with Crippen molar-refractivity contribution in [2.45, 2.75) is 13.3 Å². The number of carbonyl (C=O) groups excluding carboxylic acids is 1. The highest BCUT2D eigenvalue weighted by Crippen LogP contribution is 2.28. The standard InChI is InChI=1S/C15H19N3O3/c1-10(15(19)18-12-8-16-17-9-12)6-11-4-5-13(20-2)14(7-11)21-3/h4-5,7-10H,6H2,1-3H3,(H,16,17)(H,18,19). The number of amides is 1. The Bertz CT molecular complexity index is 596. The number of rotatable bonds is 6. The fourth-order valence-corrected chi connectivity index (χ4v) is 2.04. The minimum atomic E-state index is -0.169. The quantitative estimate of drug-likeness (QED) is 0.855. The van der Waals surface area contributed by atoms with Crippen molar-refractivity contribution in [3.8, 4) is 11.5 Å². The predicted molar refractivity (Wildman–Crippen MR) is 79.6 cm³/mol. The van der Waals surface area contributed by atoms with Crippen LogP contribution in [0.25, 0.3) is 0 Å². The molecule has 2 aromatic rings. The van der Waals surface area contributed by atoms with Gasteiger partial charge in [-0.1, -0.05) is 13.0 Å². The van der Waals surface area contributed by atoms with Crippen LogP contribution in [0.3, 0.4) is 0 Å². The molecule has 6 nitrogen and oxygen atoms in total. The normalized spacial score (nSPS) is 11.8. The first-order chi connectivity index (χ1) is 10.1. The van der Waals surface area contributed by atoms with Crippen molar-refractivity contribution >= 4 is 11.6 Å². The lowest BCUT2D eigenvalue weighted by atomic mass is 10.00. The Kier molecular flexibility index (Phi) is 4.81. The van der Waals surface area contributed by atoms with Crippen molar-refractivity contribution in [3.63, 3.8) is 0 Å². The molecule has 0 radical (unpaired) electrons. The molecule has 112 valence electrons. The van der Waals surface area contributed by atoms with Gasteiger partial charge in [0.15, 0.2) is 11.5 Å². The molecule has 0 saturated carbocycles. The van der Waals surface area contributed by atoms with E-state index in [0.29, 0.717) is 23.6 Å². The van der Waals surface area contributed by atoms with Crippen LogP contribution in [-0.2, 0) is 11.2 Å². The maximum atomic E-state index is 12.1. The smallest absolute Gasteiger partial charge is 0.227 e. The van der Waals surface area contributed by atoms with Crippen molar-refractivity contribution < 1.29 is 14.3 Å². The number of aromatic nitrogens is 2. The summed E-state index contributed by atoms with van der Waals surface area (Å²) < 4.78 is 10.5. The van der Waals surface area contributed by atoms with Gasteiger partial charge in [0.05, 0.1) is 26.1 Å². The van der Waals surface area contributed by atoms with E-state index >= 15 is 0 Å². The maximum Gasteiger partial charge on any atom is 0.227 e. The fourth-order valence-electron chi connectivity index (χ4n) is 2.04. The van der Waals surface area contributed by atoms with Crippen molar-refractivity contribution in [2.24, 2.45) is 5.92 Å². The summed E-state index contributed by atoms with van der Waals surface area (Å²) in [5.74, 6) is 1.12. The summed E-state index contributed by atoms with van der Waals surface area (Å²) in [6, 6.07) is 5.66. The highest BCUT2D eigenvalue weighted by molar-refractivity contribution is 5.92. The number of hydrogen-bond acceptors (Lipinski definition) is 4. The van der Waals surface area contributed by atoms with Gasteiger partial charge in [0.25, 0.3) is 0 Å². The van der Waals surface area contributed by atoms with Crippen LogP contribution >= 0.6 is 0 Å². The molecule has 2 N–H and O–H groups in total. The van der Waals surface area contributed by atoms with E-state index < -0.39 is 0 Å². The summed E-state index contributed by atoms with van der Waals surface area (Å²) in [6.07, 6.45) is 3.83. The largest absolute Gasteiger partial charge is 0.493 e. The summed E-state index contributed by atoms with van der Waals surface area (Å²) in [7, 11) is 3.19. The van der Waals surface area contributed by atoms with Gasteiger partial charge in [-0.2, -0.15) is 5.10 Å². The minimum absolute atomic E-state index is 0.0498. The Morgan fingerprint density at radius 2 is 2.10 bits per heavy atom. The number of benzene rings is 1. The Morgan fingerprint density at radius 3 is 2.71 bits per heavy atom. The lowest BCUT2D eigenvalue weighted by Gasteiger charge is -2.13. The molecule has 1 aromatic carbocycles. The van der Waals surface area contributed by atoms with Crippen molar-refractivity contribution in [1.82, 2.24) is 10.2 Å². The van der Waals surface area contributed by atoms with Gasteiger partial charge in [-0.3, -0.25) is 9.89 Å². The number of nitrogens with zero attached hydrogens (tertiary/aromatic N) is 1. The second-order valence-electron chi connectivity index (χ2n) is 4.77. The van der Waals surface area contributed by atoms with Crippen molar-refractivity contribution in [1.29, 1.82) is 0 Å². The first kappa shape index (κ1) is 14.9. The Hall–Kier alpha value is -2.50. The molecule has 1 aromatic heterocycles. The first-order valence-corrected chi connectivity index (χ1v) is 6.64. The van der Waals surface area contributed by atoms with E-state index in [9.17, 15) is 4.79 Å². The van der Waals surface area contributed by atoms with Crippen LogP contribution in [0.2, 0.25) is 0 Å². The number of H-pyrrole nitrogens is 1. The molecule has 0 bridgehead atoms. The van der Waals surface area contributed by atoms with E-state index in [-0.39, 0.29) is 11.8 Å². The molecule has 0 spiro atoms. The van der Waals surface area contributed by atoms with Crippen LogP contribution in [0.15, 0.2) is 30.6 Å². The van der Waals surface area contributed by atoms with Gasteiger partial charge in [0, 0.05) is 12.1 Å². The zero-order valence-corrected chi connectivity index (χ0v) is 12.3. The molecule has 1 heterocycles. The average Bonchev–Trinajstić information content (AvgIpc) is 2.99. The summed E-state index contributed by atoms with van der Waals surface area (Å²) >= 11 is 0. The zero-order valence-electron chi connectivity index (χ0n) is 12.3. The monoisotopic (exact) mass is 289 g/mol. The first-order valence-electron chi connectivity index (χ1n) is 6.64. The lowest BCUT2D eigenvalue weighted by Crippen LogP contribution is -2.21. The van der Waals surface area contributed by atoms with Gasteiger partial charge in [0.1, 0.15) is 0 Å². The SMILES string of the molecule is COc1ccc(CC(C)C(=O)Nc2cn[nH]c2)cc1OC. The highest BCUT2D eigenvalue weighted by Gasteiger charge is 2.15. The number of methoxy groups -OCH3 is 2. The molecule has 1 amide bonds. The number of hydrogen-bond donors (Lipinski definition) is 2. The molecule has 0 aliphatic carbocycles. The van der Waals surface area contributed by atoms with Crippen LogP contribution in [0.1, 0.15) is 12.5 Å². The van der Waals surface area contributed by atoms with E-state index in [0.717, 1.165) is 5.56 Å². The topological polar surface area (TPSA) is 76.2 Å². The predicted octanol–water partition coefficient (Wildman–Crippen LogP) is 2.24. The number of carbonyl (C=O) groups is 1. The van der Waals surface area contributed by atoms with Crippen LogP contribution in [0.5, 0.6) is 11.5 Å². The minimum Gasteiger partial charge on any atom is -0.493 e. The van der Waals surface area contributed by atoms with E-state index in [1.807, 2.05) is 25.1 Å². The zero-order chi connectivity index (χ0) is 15.2. The molecular weight excluding hydrogens is 270 g/mol. The molecule has 0 saturated heterocycles. The molecule has 1 atom stereocenters. The van der Waals surface area contributed by atoms with Gasteiger partial charge in [-0.15, -0.1) is 0 Å². The molecule has 6 heteroatoms. The van der Waals surface area contributed by atoms with Crippen LogP contribution in [0, 0.1) is 5.92 Å². The van der Waals surface area contributed by atoms with Gasteiger partial charge >= 0.3 is 0 Å². The molecule has 0 aliphatic heterocycles. The second-order valence-corrected chi connectivity index (χ2v) is 4.77. The van der Waals surface area contributed by atoms with Crippen LogP contribution in [0.4, 0.5) is 5.69 Å². The Balaban J connectivity index is 2.01. The average molecular weight is 289 g/mol. The Labute approximate surface area is 123 Å². The summed E-state index contributed by atoms with van der Waals surface area (Å²) in [5, 5.41) is 9.25. The van der Waals surface area contributed by atoms with Crippen molar-refractivity contribution in [2.75, 3.05) is 19.5 Å². The molecule has 0 fully saturated rings. The molecule has 21 heavy (non-hydrogen) atoms. The van der Waals surface area contributed by atoms with Gasteiger partial charge in [0.2, 0.25) is 5.91 Å². The van der Waals surface area contributed by atoms with E-state index in [2.05, 4.69) is 15.5 Å². The Morgan fingerprint density at radius 1 is 1.33 bits per heavy atom. The number of aromatic amines is 1. The molecule has 1 unspecified atom stereocenters. The van der Waals surface area contributed by atoms with Gasteiger partial charge in [-0.25, -0.2) is 0 Å². The van der Waals surface area contributed by atoms with Crippen molar-refractivity contribution in [3.05, 3.63) is 36.2 Å². The number of anilines is 1. The number of nitrogens with one attached hydrogen (secondary N) is 2. The van der Waals surface area contributed by atoms with E-state index in [4.69, 9.17) is 9.47 Å². The third-order valence-electron chi connectivity index (χ3n) is 3.20. The summed E-state index contributed by atoms with van der Waals surface area (Å²) in [6.45, 7) is 1.88. The van der Waals surface area contributed by atoms with E-state index in [1.54, 1.807) is 26.6 Å². The van der Waals surface area contributed by atoms with Gasteiger partial charge < -0.3 is 14.8 Å². The van der Waals surface area contributed by atoms with Gasteiger partial charge in [-0.05, 0) is 24.1 Å². The molecule has 0 aliphatic rings. The number of ether oxygens (including phenoxy) is 2.